The van der Waals surface area contributed by atoms with Crippen molar-refractivity contribution in [1.82, 2.24) is 0 Å². The predicted molar refractivity (Wildman–Crippen MR) is 141 cm³/mol. The van der Waals surface area contributed by atoms with Gasteiger partial charge in [0.25, 0.3) is 0 Å². The number of allylic oxidation sites excluding steroid dienone is 1. The fraction of sp³-hybridized carbons (Fsp3) is 0.500. The van der Waals surface area contributed by atoms with Crippen LogP contribution in [0.25, 0.3) is 6.08 Å². The van der Waals surface area contributed by atoms with Gasteiger partial charge in [0.05, 0.1) is 6.61 Å². The Morgan fingerprint density at radius 2 is 1.32 bits per heavy atom. The molecule has 34 heavy (non-hydrogen) atoms. The van der Waals surface area contributed by atoms with Crippen LogP contribution in [0.4, 0.5) is 0 Å². The number of benzene rings is 2. The standard InChI is InChI=1S/C30H42O4/c1-11-18-32-23-15-13-22(14-16-23)24(31)17-12-21-19-25(33-29(5,6)7)27(28(2,3)4)26(20-21)34-30(8,9)10/h12-17,19-20H,11,18H2,1-10H3. The Kier molecular flexibility index (Phi) is 8.63. The van der Waals surface area contributed by atoms with Crippen LogP contribution < -0.4 is 14.2 Å². The SMILES string of the molecule is CCCOc1ccc(C(=O)C=Cc2cc(OC(C)(C)C)c(C(C)(C)C)c(OC(C)(C)C)c2)cc1. The van der Waals surface area contributed by atoms with Crippen molar-refractivity contribution in [2.45, 2.75) is 92.3 Å². The van der Waals surface area contributed by atoms with E-state index in [-0.39, 0.29) is 22.4 Å². The number of hydrogen-bond donors (Lipinski definition) is 0. The minimum absolute atomic E-state index is 0.0708. The van der Waals surface area contributed by atoms with E-state index in [1.54, 1.807) is 18.2 Å². The molecule has 0 aliphatic heterocycles. The Morgan fingerprint density at radius 1 is 0.824 bits per heavy atom. The first-order chi connectivity index (χ1) is 15.6. The molecule has 2 aromatic rings. The summed E-state index contributed by atoms with van der Waals surface area (Å²) >= 11 is 0. The molecule has 0 aromatic heterocycles. The lowest BCUT2D eigenvalue weighted by atomic mass is 9.84. The van der Waals surface area contributed by atoms with Crippen LogP contribution in [0, 0.1) is 0 Å². The number of hydrogen-bond acceptors (Lipinski definition) is 4. The van der Waals surface area contributed by atoms with Crippen molar-refractivity contribution in [2.24, 2.45) is 0 Å². The van der Waals surface area contributed by atoms with Crippen LogP contribution in [0.1, 0.15) is 97.1 Å². The second kappa shape index (κ2) is 10.7. The normalized spacial score (nSPS) is 12.6. The van der Waals surface area contributed by atoms with Crippen LogP contribution in [0.2, 0.25) is 0 Å². The number of carbonyl (C=O) groups is 1. The molecule has 0 atom stereocenters. The summed E-state index contributed by atoms with van der Waals surface area (Å²) in [6.07, 6.45) is 4.36. The molecule has 186 valence electrons. The van der Waals surface area contributed by atoms with Gasteiger partial charge in [-0.05, 0) is 101 Å². The Bertz CT molecular complexity index is 957. The van der Waals surface area contributed by atoms with Crippen molar-refractivity contribution in [3.63, 3.8) is 0 Å². The van der Waals surface area contributed by atoms with Gasteiger partial charge in [-0.2, -0.15) is 0 Å². The molecule has 2 rings (SSSR count). The first-order valence-electron chi connectivity index (χ1n) is 12.1. The molecule has 4 nitrogen and oxygen atoms in total. The molecule has 2 aromatic carbocycles. The van der Waals surface area contributed by atoms with Gasteiger partial charge in [0, 0.05) is 11.1 Å². The number of ether oxygens (including phenoxy) is 3. The average molecular weight is 467 g/mol. The van der Waals surface area contributed by atoms with E-state index in [4.69, 9.17) is 14.2 Å². The summed E-state index contributed by atoms with van der Waals surface area (Å²) in [7, 11) is 0. The Labute approximate surface area is 206 Å². The molecule has 4 heteroatoms. The smallest absolute Gasteiger partial charge is 0.185 e. The van der Waals surface area contributed by atoms with Crippen molar-refractivity contribution < 1.29 is 19.0 Å². The van der Waals surface area contributed by atoms with Crippen LogP contribution in [-0.2, 0) is 5.41 Å². The quantitative estimate of drug-likeness (QED) is 0.292. The zero-order valence-corrected chi connectivity index (χ0v) is 22.7. The molecule has 0 spiro atoms. The minimum Gasteiger partial charge on any atom is -0.494 e. The van der Waals surface area contributed by atoms with Gasteiger partial charge >= 0.3 is 0 Å². The van der Waals surface area contributed by atoms with Crippen molar-refractivity contribution in [2.75, 3.05) is 6.61 Å². The van der Waals surface area contributed by atoms with E-state index in [1.165, 1.54) is 0 Å². The number of ketones is 1. The zero-order valence-electron chi connectivity index (χ0n) is 22.7. The lowest BCUT2D eigenvalue weighted by Crippen LogP contribution is -2.28. The topological polar surface area (TPSA) is 44.8 Å². The molecule has 0 unspecified atom stereocenters. The summed E-state index contributed by atoms with van der Waals surface area (Å²) in [5.41, 5.74) is 1.54. The third kappa shape index (κ3) is 8.55. The first kappa shape index (κ1) is 27.5. The van der Waals surface area contributed by atoms with Gasteiger partial charge in [0.15, 0.2) is 5.78 Å². The van der Waals surface area contributed by atoms with E-state index in [0.717, 1.165) is 34.8 Å². The summed E-state index contributed by atoms with van der Waals surface area (Å²) < 4.78 is 18.4. The molecule has 0 aliphatic carbocycles. The Morgan fingerprint density at radius 3 is 1.74 bits per heavy atom. The molecule has 0 saturated heterocycles. The minimum atomic E-state index is -0.376. The predicted octanol–water partition coefficient (Wildman–Crippen LogP) is 8.02. The largest absolute Gasteiger partial charge is 0.494 e. The average Bonchev–Trinajstić information content (AvgIpc) is 2.67. The van der Waals surface area contributed by atoms with E-state index in [1.807, 2.05) is 71.9 Å². The van der Waals surface area contributed by atoms with E-state index in [9.17, 15) is 4.79 Å². The highest BCUT2D eigenvalue weighted by Gasteiger charge is 2.29. The molecule has 0 aliphatic rings. The van der Waals surface area contributed by atoms with Crippen LogP contribution >= 0.6 is 0 Å². The lowest BCUT2D eigenvalue weighted by Gasteiger charge is -2.32. The van der Waals surface area contributed by atoms with Crippen LogP contribution in [0.5, 0.6) is 17.2 Å². The van der Waals surface area contributed by atoms with Gasteiger partial charge < -0.3 is 14.2 Å². The van der Waals surface area contributed by atoms with Crippen molar-refractivity contribution >= 4 is 11.9 Å². The van der Waals surface area contributed by atoms with E-state index in [2.05, 4.69) is 27.7 Å². The maximum absolute atomic E-state index is 12.8. The van der Waals surface area contributed by atoms with Crippen molar-refractivity contribution in [1.29, 1.82) is 0 Å². The van der Waals surface area contributed by atoms with Gasteiger partial charge in [0.2, 0.25) is 0 Å². The molecule has 0 saturated carbocycles. The molecular weight excluding hydrogens is 424 g/mol. The Balaban J connectivity index is 2.45. The first-order valence-corrected chi connectivity index (χ1v) is 12.1. The lowest BCUT2D eigenvalue weighted by molar-refractivity contribution is 0.104. The van der Waals surface area contributed by atoms with E-state index in [0.29, 0.717) is 12.2 Å². The molecule has 0 heterocycles. The van der Waals surface area contributed by atoms with Crippen LogP contribution in [0.15, 0.2) is 42.5 Å². The van der Waals surface area contributed by atoms with Gasteiger partial charge in [0.1, 0.15) is 28.5 Å². The second-order valence-electron chi connectivity index (χ2n) is 11.6. The highest BCUT2D eigenvalue weighted by atomic mass is 16.5. The molecule has 0 fully saturated rings. The van der Waals surface area contributed by atoms with Crippen molar-refractivity contribution in [3.8, 4) is 17.2 Å². The summed E-state index contributed by atoms with van der Waals surface area (Å²) in [5.74, 6) is 2.24. The van der Waals surface area contributed by atoms with Crippen LogP contribution in [-0.4, -0.2) is 23.6 Å². The molecule has 0 N–H and O–H groups in total. The highest BCUT2D eigenvalue weighted by molar-refractivity contribution is 6.06. The zero-order chi connectivity index (χ0) is 25.7. The summed E-state index contributed by atoms with van der Waals surface area (Å²) in [6, 6.07) is 11.2. The number of rotatable bonds is 8. The summed E-state index contributed by atoms with van der Waals surface area (Å²) in [6.45, 7) is 21.4. The summed E-state index contributed by atoms with van der Waals surface area (Å²) in [5, 5.41) is 0. The third-order valence-corrected chi connectivity index (χ3v) is 4.71. The second-order valence-corrected chi connectivity index (χ2v) is 11.6. The van der Waals surface area contributed by atoms with Gasteiger partial charge in [-0.1, -0.05) is 33.8 Å². The maximum atomic E-state index is 12.8. The molecule has 0 bridgehead atoms. The van der Waals surface area contributed by atoms with E-state index >= 15 is 0 Å². The van der Waals surface area contributed by atoms with Crippen LogP contribution in [0.3, 0.4) is 0 Å². The monoisotopic (exact) mass is 466 g/mol. The molecule has 0 amide bonds. The third-order valence-electron chi connectivity index (χ3n) is 4.71. The fourth-order valence-corrected chi connectivity index (χ4v) is 3.47. The van der Waals surface area contributed by atoms with Crippen molar-refractivity contribution in [3.05, 3.63) is 59.2 Å². The fourth-order valence-electron chi connectivity index (χ4n) is 3.47. The maximum Gasteiger partial charge on any atom is 0.185 e. The van der Waals surface area contributed by atoms with Gasteiger partial charge in [-0.25, -0.2) is 0 Å². The van der Waals surface area contributed by atoms with E-state index < -0.39 is 0 Å². The molecule has 0 radical (unpaired) electrons. The van der Waals surface area contributed by atoms with Gasteiger partial charge in [-0.15, -0.1) is 0 Å². The summed E-state index contributed by atoms with van der Waals surface area (Å²) in [4.78, 5) is 12.8. The molecular formula is C30H42O4. The van der Waals surface area contributed by atoms with Gasteiger partial charge in [-0.3, -0.25) is 4.79 Å². The highest BCUT2D eigenvalue weighted by Crippen LogP contribution is 2.42. The number of carbonyl (C=O) groups excluding carboxylic acids is 1. The Hall–Kier alpha value is -2.75.